The molecular weight excluding hydrogens is 252 g/mol. The van der Waals surface area contributed by atoms with Crippen LogP contribution in [0.25, 0.3) is 0 Å². The molecule has 3 heteroatoms. The molecule has 2 rings (SSSR count). The lowest BCUT2D eigenvalue weighted by molar-refractivity contribution is 0.499. The van der Waals surface area contributed by atoms with Gasteiger partial charge in [0.25, 0.3) is 0 Å². The molecule has 80 valence electrons. The lowest BCUT2D eigenvalue weighted by Gasteiger charge is -2.17. The molecule has 2 nitrogen and oxygen atoms in total. The van der Waals surface area contributed by atoms with Gasteiger partial charge in [-0.15, -0.1) is 0 Å². The first-order chi connectivity index (χ1) is 7.27. The fourth-order valence-electron chi connectivity index (χ4n) is 2.54. The summed E-state index contributed by atoms with van der Waals surface area (Å²) in [5.74, 6) is 0. The molecule has 0 unspecified atom stereocenters. The molecule has 1 aliphatic rings. The molecule has 0 saturated heterocycles. The Morgan fingerprint density at radius 3 is 2.73 bits per heavy atom. The van der Waals surface area contributed by atoms with Gasteiger partial charge in [0.15, 0.2) is 0 Å². The third-order valence-corrected chi connectivity index (χ3v) is 3.92. The van der Waals surface area contributed by atoms with Crippen molar-refractivity contribution in [1.82, 2.24) is 4.57 Å². The summed E-state index contributed by atoms with van der Waals surface area (Å²) < 4.78 is 3.34. The van der Waals surface area contributed by atoms with E-state index in [4.69, 9.17) is 5.26 Å². The lowest BCUT2D eigenvalue weighted by atomic mass is 10.2. The van der Waals surface area contributed by atoms with Crippen LogP contribution in [0.4, 0.5) is 0 Å². The van der Waals surface area contributed by atoms with E-state index in [0.717, 1.165) is 16.6 Å². The van der Waals surface area contributed by atoms with Crippen LogP contribution in [0.2, 0.25) is 0 Å². The van der Waals surface area contributed by atoms with Gasteiger partial charge in [-0.05, 0) is 41.3 Å². The highest BCUT2D eigenvalue weighted by Gasteiger charge is 2.22. The summed E-state index contributed by atoms with van der Waals surface area (Å²) in [5.41, 5.74) is 2.09. The second kappa shape index (κ2) is 4.40. The average Bonchev–Trinajstić information content (AvgIpc) is 2.83. The second-order valence-electron chi connectivity index (χ2n) is 4.10. The van der Waals surface area contributed by atoms with E-state index < -0.39 is 0 Å². The molecule has 1 aromatic heterocycles. The molecule has 15 heavy (non-hydrogen) atoms. The molecule has 0 N–H and O–H groups in total. The number of nitrogens with zero attached hydrogens (tertiary/aromatic N) is 2. The standard InChI is InChI=1S/C12H15BrN2/c1-2-12-11(13)7-10(8-14)15(12)9-5-3-4-6-9/h7,9H,2-6H2,1H3. The van der Waals surface area contributed by atoms with Gasteiger partial charge in [-0.25, -0.2) is 0 Å². The zero-order valence-corrected chi connectivity index (χ0v) is 10.5. The molecule has 1 saturated carbocycles. The molecule has 0 bridgehead atoms. The van der Waals surface area contributed by atoms with Gasteiger partial charge in [0.1, 0.15) is 11.8 Å². The summed E-state index contributed by atoms with van der Waals surface area (Å²) in [7, 11) is 0. The average molecular weight is 267 g/mol. The number of halogens is 1. The van der Waals surface area contributed by atoms with Gasteiger partial charge in [0.05, 0.1) is 0 Å². The number of hydrogen-bond acceptors (Lipinski definition) is 1. The van der Waals surface area contributed by atoms with Crippen molar-refractivity contribution in [3.63, 3.8) is 0 Å². The molecular formula is C12H15BrN2. The van der Waals surface area contributed by atoms with E-state index >= 15 is 0 Å². The predicted octanol–water partition coefficient (Wildman–Crippen LogP) is 3.80. The van der Waals surface area contributed by atoms with Crippen LogP contribution < -0.4 is 0 Å². The van der Waals surface area contributed by atoms with Gasteiger partial charge < -0.3 is 4.57 Å². The van der Waals surface area contributed by atoms with Gasteiger partial charge in [-0.3, -0.25) is 0 Å². The summed E-state index contributed by atoms with van der Waals surface area (Å²) in [6.45, 7) is 2.15. The molecule has 0 amide bonds. The molecule has 0 aromatic carbocycles. The van der Waals surface area contributed by atoms with E-state index in [1.165, 1.54) is 31.4 Å². The van der Waals surface area contributed by atoms with Crippen LogP contribution in [0.1, 0.15) is 50.0 Å². The first-order valence-electron chi connectivity index (χ1n) is 5.57. The van der Waals surface area contributed by atoms with Crippen molar-refractivity contribution in [2.45, 2.75) is 45.1 Å². The highest BCUT2D eigenvalue weighted by atomic mass is 79.9. The Kier molecular flexibility index (Phi) is 3.16. The largest absolute Gasteiger partial charge is 0.332 e. The Hall–Kier alpha value is -0.750. The van der Waals surface area contributed by atoms with Crippen LogP contribution >= 0.6 is 15.9 Å². The zero-order valence-electron chi connectivity index (χ0n) is 8.96. The summed E-state index contributed by atoms with van der Waals surface area (Å²) in [5, 5.41) is 9.12. The van der Waals surface area contributed by atoms with E-state index in [1.807, 2.05) is 6.07 Å². The first-order valence-corrected chi connectivity index (χ1v) is 6.37. The van der Waals surface area contributed by atoms with Crippen LogP contribution in [0.3, 0.4) is 0 Å². The lowest BCUT2D eigenvalue weighted by Crippen LogP contribution is -2.10. The van der Waals surface area contributed by atoms with Gasteiger partial charge in [-0.1, -0.05) is 19.8 Å². The van der Waals surface area contributed by atoms with Crippen LogP contribution in [-0.4, -0.2) is 4.57 Å². The highest BCUT2D eigenvalue weighted by Crippen LogP contribution is 2.35. The summed E-state index contributed by atoms with van der Waals surface area (Å²) in [6, 6.07) is 4.81. The van der Waals surface area contributed by atoms with Crippen LogP contribution in [0.15, 0.2) is 10.5 Å². The van der Waals surface area contributed by atoms with Crippen molar-refractivity contribution in [2.24, 2.45) is 0 Å². The van der Waals surface area contributed by atoms with Crippen molar-refractivity contribution >= 4 is 15.9 Å². The first kappa shape index (κ1) is 10.8. The number of aromatic nitrogens is 1. The van der Waals surface area contributed by atoms with Crippen LogP contribution in [0, 0.1) is 11.3 Å². The smallest absolute Gasteiger partial charge is 0.121 e. The molecule has 1 aliphatic carbocycles. The van der Waals surface area contributed by atoms with Gasteiger partial charge >= 0.3 is 0 Å². The third kappa shape index (κ3) is 1.83. The van der Waals surface area contributed by atoms with E-state index in [-0.39, 0.29) is 0 Å². The molecule has 1 aromatic rings. The third-order valence-electron chi connectivity index (χ3n) is 3.23. The van der Waals surface area contributed by atoms with E-state index in [0.29, 0.717) is 6.04 Å². The van der Waals surface area contributed by atoms with E-state index in [1.54, 1.807) is 0 Å². The summed E-state index contributed by atoms with van der Waals surface area (Å²) in [4.78, 5) is 0. The second-order valence-corrected chi connectivity index (χ2v) is 4.95. The van der Waals surface area contributed by atoms with E-state index in [2.05, 4.69) is 33.5 Å². The minimum Gasteiger partial charge on any atom is -0.332 e. The Labute approximate surface area is 99.0 Å². The fourth-order valence-corrected chi connectivity index (χ4v) is 3.23. The van der Waals surface area contributed by atoms with Crippen molar-refractivity contribution in [1.29, 1.82) is 5.26 Å². The Balaban J connectivity index is 2.46. The molecule has 0 radical (unpaired) electrons. The predicted molar refractivity (Wildman–Crippen MR) is 63.7 cm³/mol. The van der Waals surface area contributed by atoms with E-state index in [9.17, 15) is 0 Å². The monoisotopic (exact) mass is 266 g/mol. The van der Waals surface area contributed by atoms with Gasteiger partial charge in [0, 0.05) is 16.2 Å². The van der Waals surface area contributed by atoms with Gasteiger partial charge in [-0.2, -0.15) is 5.26 Å². The normalized spacial score (nSPS) is 16.9. The SMILES string of the molecule is CCc1c(Br)cc(C#N)n1C1CCCC1. The zero-order chi connectivity index (χ0) is 10.8. The van der Waals surface area contributed by atoms with Crippen LogP contribution in [-0.2, 0) is 6.42 Å². The molecule has 1 heterocycles. The quantitative estimate of drug-likeness (QED) is 0.801. The minimum absolute atomic E-state index is 0.556. The number of hydrogen-bond donors (Lipinski definition) is 0. The van der Waals surface area contributed by atoms with Crippen molar-refractivity contribution in [3.05, 3.63) is 21.9 Å². The molecule has 0 aliphatic heterocycles. The fraction of sp³-hybridized carbons (Fsp3) is 0.583. The Morgan fingerprint density at radius 2 is 2.20 bits per heavy atom. The Morgan fingerprint density at radius 1 is 1.53 bits per heavy atom. The number of nitriles is 1. The van der Waals surface area contributed by atoms with Crippen molar-refractivity contribution in [3.8, 4) is 6.07 Å². The molecule has 0 atom stereocenters. The number of rotatable bonds is 2. The maximum Gasteiger partial charge on any atom is 0.121 e. The summed E-state index contributed by atoms with van der Waals surface area (Å²) >= 11 is 3.54. The van der Waals surface area contributed by atoms with Crippen LogP contribution in [0.5, 0.6) is 0 Å². The van der Waals surface area contributed by atoms with Crippen molar-refractivity contribution in [2.75, 3.05) is 0 Å². The Bertz CT molecular complexity index is 394. The molecule has 0 spiro atoms. The van der Waals surface area contributed by atoms with Gasteiger partial charge in [0.2, 0.25) is 0 Å². The van der Waals surface area contributed by atoms with Crippen molar-refractivity contribution < 1.29 is 0 Å². The maximum atomic E-state index is 9.12. The summed E-state index contributed by atoms with van der Waals surface area (Å²) in [6.07, 6.45) is 6.04. The highest BCUT2D eigenvalue weighted by molar-refractivity contribution is 9.10. The molecule has 1 fully saturated rings. The maximum absolute atomic E-state index is 9.12. The minimum atomic E-state index is 0.556. The topological polar surface area (TPSA) is 28.7 Å².